The molecule has 1 aliphatic rings. The predicted molar refractivity (Wildman–Crippen MR) is 175 cm³/mol. The summed E-state index contributed by atoms with van der Waals surface area (Å²) < 4.78 is 5.31. The summed E-state index contributed by atoms with van der Waals surface area (Å²) in [7, 11) is 1.63. The molecule has 3 amide bonds. The molecule has 45 heavy (non-hydrogen) atoms. The van der Waals surface area contributed by atoms with Crippen molar-refractivity contribution in [1.29, 1.82) is 0 Å². The minimum atomic E-state index is -1.09. The Balaban J connectivity index is 1.79. The Morgan fingerprint density at radius 1 is 1.02 bits per heavy atom. The molecular weight excluding hydrogens is 572 g/mol. The monoisotopic (exact) mass is 624 g/mol. The maximum absolute atomic E-state index is 13.7. The number of nitrogens with zero attached hydrogens (tertiary/aromatic N) is 1. The van der Waals surface area contributed by atoms with E-state index in [4.69, 9.17) is 4.74 Å². The number of likely N-dealkylation sites (tertiary alicyclic amines) is 1. The molecule has 2 aromatic rings. The molecule has 2 aromatic carbocycles. The van der Waals surface area contributed by atoms with Crippen molar-refractivity contribution in [3.63, 3.8) is 0 Å². The molecule has 10 heteroatoms. The smallest absolute Gasteiger partial charge is 0.254 e. The van der Waals surface area contributed by atoms with Crippen molar-refractivity contribution in [2.24, 2.45) is 5.92 Å². The van der Waals surface area contributed by atoms with Crippen molar-refractivity contribution in [1.82, 2.24) is 20.9 Å². The molecule has 0 spiro atoms. The Kier molecular flexibility index (Phi) is 14.5. The first-order valence-electron chi connectivity index (χ1n) is 16.2. The Bertz CT molecular complexity index is 1240. The van der Waals surface area contributed by atoms with E-state index in [9.17, 15) is 24.6 Å². The number of aliphatic hydroxyl groups excluding tert-OH is 2. The fourth-order valence-electron chi connectivity index (χ4n) is 5.75. The van der Waals surface area contributed by atoms with Gasteiger partial charge in [-0.05, 0) is 67.9 Å². The van der Waals surface area contributed by atoms with Gasteiger partial charge in [0.25, 0.3) is 11.8 Å². The van der Waals surface area contributed by atoms with Crippen molar-refractivity contribution in [3.05, 3.63) is 70.8 Å². The third-order valence-electron chi connectivity index (χ3n) is 8.15. The Labute approximate surface area is 267 Å². The van der Waals surface area contributed by atoms with Gasteiger partial charge in [0.05, 0.1) is 30.9 Å². The second-order valence-corrected chi connectivity index (χ2v) is 12.6. The van der Waals surface area contributed by atoms with Gasteiger partial charge in [-0.2, -0.15) is 0 Å². The number of aliphatic hydroxyl groups is 2. The number of nitrogens with one attached hydrogen (secondary N) is 3. The molecule has 0 saturated carbocycles. The van der Waals surface area contributed by atoms with Crippen LogP contribution >= 0.6 is 0 Å². The standard InChI is InChI=1S/C35H52N4O6/c1-6-11-30(40)32(34(43)37-20-23(2)3)36-21-31(41)29(18-25-12-8-7-9-13-25)38-33(42)26-16-24(4)17-27(19-26)35(44)39-15-10-14-28(39)22-45-5/h7-9,12-13,16-17,19,23,28-32,36,40-41H,6,10-11,14-15,18,20-22H2,1-5H3,(H,37,43)(H,38,42)/t28-,29+,30+,31-,32+/m1/s1. The molecular formula is C35H52N4O6. The molecule has 0 aromatic heterocycles. The predicted octanol–water partition coefficient (Wildman–Crippen LogP) is 2.84. The van der Waals surface area contributed by atoms with Gasteiger partial charge in [-0.1, -0.05) is 57.5 Å². The van der Waals surface area contributed by atoms with E-state index in [0.717, 1.165) is 24.0 Å². The summed E-state index contributed by atoms with van der Waals surface area (Å²) in [5.74, 6) is -0.638. The Morgan fingerprint density at radius 3 is 2.40 bits per heavy atom. The summed E-state index contributed by atoms with van der Waals surface area (Å²) in [5, 5.41) is 31.0. The van der Waals surface area contributed by atoms with Crippen LogP contribution in [0.4, 0.5) is 0 Å². The van der Waals surface area contributed by atoms with Gasteiger partial charge in [0.1, 0.15) is 6.04 Å². The van der Waals surface area contributed by atoms with Crippen LogP contribution in [0.1, 0.15) is 78.3 Å². The molecule has 0 unspecified atom stereocenters. The molecule has 10 nitrogen and oxygen atoms in total. The van der Waals surface area contributed by atoms with Crippen LogP contribution in [0, 0.1) is 12.8 Å². The number of ether oxygens (including phenoxy) is 1. The molecule has 5 atom stereocenters. The van der Waals surface area contributed by atoms with Crippen LogP contribution in [0.3, 0.4) is 0 Å². The number of carbonyl (C=O) groups is 3. The number of hydrogen-bond donors (Lipinski definition) is 5. The van der Waals surface area contributed by atoms with Crippen LogP contribution in [0.2, 0.25) is 0 Å². The van der Waals surface area contributed by atoms with Crippen LogP contribution in [0.15, 0.2) is 48.5 Å². The molecule has 1 saturated heterocycles. The summed E-state index contributed by atoms with van der Waals surface area (Å²) in [6.45, 7) is 9.30. The fourth-order valence-corrected chi connectivity index (χ4v) is 5.75. The summed E-state index contributed by atoms with van der Waals surface area (Å²) in [4.78, 5) is 41.9. The van der Waals surface area contributed by atoms with Crippen molar-refractivity contribution in [2.45, 2.75) is 90.1 Å². The van der Waals surface area contributed by atoms with Gasteiger partial charge in [0.15, 0.2) is 0 Å². The number of amides is 3. The topological polar surface area (TPSA) is 140 Å². The van der Waals surface area contributed by atoms with Crippen LogP contribution < -0.4 is 16.0 Å². The fraction of sp³-hybridized carbons (Fsp3) is 0.571. The number of carbonyl (C=O) groups excluding carboxylic acids is 3. The minimum absolute atomic E-state index is 0.00492. The van der Waals surface area contributed by atoms with E-state index >= 15 is 0 Å². The lowest BCUT2D eigenvalue weighted by atomic mass is 9.98. The zero-order valence-corrected chi connectivity index (χ0v) is 27.4. The number of aryl methyl sites for hydroxylation is 1. The van der Waals surface area contributed by atoms with Crippen LogP contribution in [-0.4, -0.2) is 96.5 Å². The van der Waals surface area contributed by atoms with Crippen LogP contribution in [0.25, 0.3) is 0 Å². The van der Waals surface area contributed by atoms with Crippen molar-refractivity contribution < 1.29 is 29.3 Å². The Hall–Kier alpha value is -3.31. The third-order valence-corrected chi connectivity index (χ3v) is 8.15. The van der Waals surface area contributed by atoms with E-state index in [1.807, 2.05) is 62.9 Å². The van der Waals surface area contributed by atoms with Crippen LogP contribution in [-0.2, 0) is 16.0 Å². The summed E-state index contributed by atoms with van der Waals surface area (Å²) in [6.07, 6.45) is 1.21. The normalized spacial score (nSPS) is 17.5. The highest BCUT2D eigenvalue weighted by Gasteiger charge is 2.31. The number of rotatable bonds is 17. The van der Waals surface area contributed by atoms with Gasteiger partial charge in [-0.15, -0.1) is 0 Å². The molecule has 1 heterocycles. The van der Waals surface area contributed by atoms with Crippen molar-refractivity contribution in [2.75, 3.05) is 33.4 Å². The van der Waals surface area contributed by atoms with Gasteiger partial charge in [0, 0.05) is 37.9 Å². The zero-order valence-electron chi connectivity index (χ0n) is 27.4. The van der Waals surface area contributed by atoms with E-state index in [1.54, 1.807) is 25.3 Å². The maximum Gasteiger partial charge on any atom is 0.254 e. The highest BCUT2D eigenvalue weighted by molar-refractivity contribution is 6.00. The molecule has 0 bridgehead atoms. The minimum Gasteiger partial charge on any atom is -0.391 e. The zero-order chi connectivity index (χ0) is 32.9. The molecule has 3 rings (SSSR count). The molecule has 0 aliphatic carbocycles. The molecule has 0 radical (unpaired) electrons. The number of benzene rings is 2. The van der Waals surface area contributed by atoms with E-state index < -0.39 is 30.2 Å². The Morgan fingerprint density at radius 2 is 1.73 bits per heavy atom. The second kappa shape index (κ2) is 18.0. The average molecular weight is 625 g/mol. The summed E-state index contributed by atoms with van der Waals surface area (Å²) >= 11 is 0. The second-order valence-electron chi connectivity index (χ2n) is 12.6. The van der Waals surface area contributed by atoms with E-state index in [0.29, 0.717) is 50.1 Å². The maximum atomic E-state index is 13.7. The van der Waals surface area contributed by atoms with Crippen LogP contribution in [0.5, 0.6) is 0 Å². The van der Waals surface area contributed by atoms with E-state index in [2.05, 4.69) is 16.0 Å². The van der Waals surface area contributed by atoms with Crippen molar-refractivity contribution >= 4 is 17.7 Å². The van der Waals surface area contributed by atoms with Gasteiger partial charge in [0.2, 0.25) is 5.91 Å². The van der Waals surface area contributed by atoms with Gasteiger partial charge in [-0.25, -0.2) is 0 Å². The lowest BCUT2D eigenvalue weighted by Crippen LogP contribution is -2.56. The molecule has 1 fully saturated rings. The first kappa shape index (κ1) is 36.2. The third kappa shape index (κ3) is 10.9. The molecule has 5 N–H and O–H groups in total. The summed E-state index contributed by atoms with van der Waals surface area (Å²) in [6, 6.07) is 13.0. The van der Waals surface area contributed by atoms with Gasteiger partial charge >= 0.3 is 0 Å². The van der Waals surface area contributed by atoms with E-state index in [-0.39, 0.29) is 30.3 Å². The highest BCUT2D eigenvalue weighted by Crippen LogP contribution is 2.22. The van der Waals surface area contributed by atoms with Crippen molar-refractivity contribution in [3.8, 4) is 0 Å². The quantitative estimate of drug-likeness (QED) is 0.182. The average Bonchev–Trinajstić information content (AvgIpc) is 3.48. The highest BCUT2D eigenvalue weighted by atomic mass is 16.5. The van der Waals surface area contributed by atoms with Gasteiger partial charge in [-0.3, -0.25) is 14.4 Å². The SMILES string of the molecule is CCC[C@H](O)[C@H](NC[C@@H](O)[C@H](Cc1ccccc1)NC(=O)c1cc(C)cc(C(=O)N2CCC[C@@H]2COC)c1)C(=O)NCC(C)C. The molecule has 248 valence electrons. The number of methoxy groups -OCH3 is 1. The first-order chi connectivity index (χ1) is 21.5. The summed E-state index contributed by atoms with van der Waals surface area (Å²) in [5.41, 5.74) is 2.45. The van der Waals surface area contributed by atoms with E-state index in [1.165, 1.54) is 0 Å². The first-order valence-corrected chi connectivity index (χ1v) is 16.2. The largest absolute Gasteiger partial charge is 0.391 e. The lowest BCUT2D eigenvalue weighted by Gasteiger charge is -2.29. The van der Waals surface area contributed by atoms with Gasteiger partial charge < -0.3 is 35.8 Å². The lowest BCUT2D eigenvalue weighted by molar-refractivity contribution is -0.126. The molecule has 1 aliphatic heterocycles. The number of hydrogen-bond acceptors (Lipinski definition) is 7.